The molecule has 1 aliphatic carbocycles. The number of hydrogen-bond acceptors (Lipinski definition) is 2. The molecule has 0 radical (unpaired) electrons. The Balaban J connectivity index is 2.39. The molecule has 4 unspecified atom stereocenters. The molecule has 94 valence electrons. The van der Waals surface area contributed by atoms with Crippen molar-refractivity contribution in [3.05, 3.63) is 0 Å². The van der Waals surface area contributed by atoms with Crippen LogP contribution in [0.2, 0.25) is 0 Å². The van der Waals surface area contributed by atoms with Crippen molar-refractivity contribution in [1.82, 2.24) is 10.6 Å². The Labute approximate surface area is 99.4 Å². The Bertz CT molecular complexity index is 240. The summed E-state index contributed by atoms with van der Waals surface area (Å²) in [7, 11) is 0. The van der Waals surface area contributed by atoms with Crippen LogP contribution in [0.25, 0.3) is 0 Å². The van der Waals surface area contributed by atoms with Crippen molar-refractivity contribution in [1.29, 1.82) is 0 Å². The lowest BCUT2D eigenvalue weighted by molar-refractivity contribution is -0.123. The average molecular weight is 226 g/mol. The minimum absolute atomic E-state index is 0.0832. The summed E-state index contributed by atoms with van der Waals surface area (Å²) < 4.78 is 0. The van der Waals surface area contributed by atoms with Crippen molar-refractivity contribution in [2.45, 2.75) is 65.6 Å². The van der Waals surface area contributed by atoms with Crippen LogP contribution in [0.5, 0.6) is 0 Å². The fourth-order valence-corrected chi connectivity index (χ4v) is 2.41. The molecule has 4 atom stereocenters. The van der Waals surface area contributed by atoms with Crippen molar-refractivity contribution < 1.29 is 4.79 Å². The van der Waals surface area contributed by atoms with Gasteiger partial charge >= 0.3 is 0 Å². The molecular formula is C13H26N2O. The highest BCUT2D eigenvalue weighted by Gasteiger charge is 2.31. The summed E-state index contributed by atoms with van der Waals surface area (Å²) in [6.07, 6.45) is 2.47. The largest absolute Gasteiger partial charge is 0.353 e. The van der Waals surface area contributed by atoms with Gasteiger partial charge in [-0.25, -0.2) is 0 Å². The zero-order chi connectivity index (χ0) is 12.3. The van der Waals surface area contributed by atoms with Crippen LogP contribution < -0.4 is 10.6 Å². The van der Waals surface area contributed by atoms with Gasteiger partial charge in [0.2, 0.25) is 5.91 Å². The zero-order valence-corrected chi connectivity index (χ0v) is 11.2. The van der Waals surface area contributed by atoms with E-state index >= 15 is 0 Å². The molecule has 1 aliphatic rings. The molecule has 16 heavy (non-hydrogen) atoms. The number of carbonyl (C=O) groups is 1. The first-order valence-electron chi connectivity index (χ1n) is 6.48. The molecule has 0 spiro atoms. The lowest BCUT2D eigenvalue weighted by atomic mass is 9.97. The number of nitrogens with one attached hydrogen (secondary N) is 2. The smallest absolute Gasteiger partial charge is 0.237 e. The summed E-state index contributed by atoms with van der Waals surface area (Å²) in [6.45, 7) is 10.5. The van der Waals surface area contributed by atoms with Gasteiger partial charge in [0.25, 0.3) is 0 Å². The third kappa shape index (κ3) is 3.48. The van der Waals surface area contributed by atoms with Gasteiger partial charge in [-0.3, -0.25) is 4.79 Å². The molecule has 0 aliphatic heterocycles. The Morgan fingerprint density at radius 2 is 1.81 bits per heavy atom. The first-order valence-corrected chi connectivity index (χ1v) is 6.48. The highest BCUT2D eigenvalue weighted by atomic mass is 16.2. The molecule has 1 rings (SSSR count). The average Bonchev–Trinajstić information content (AvgIpc) is 2.48. The summed E-state index contributed by atoms with van der Waals surface area (Å²) in [6, 6.07) is 0.639. The van der Waals surface area contributed by atoms with E-state index in [-0.39, 0.29) is 18.0 Å². The molecule has 0 bridgehead atoms. The van der Waals surface area contributed by atoms with Crippen LogP contribution >= 0.6 is 0 Å². The summed E-state index contributed by atoms with van der Waals surface area (Å²) in [5, 5.41) is 6.39. The van der Waals surface area contributed by atoms with Gasteiger partial charge < -0.3 is 10.6 Å². The first-order chi connectivity index (χ1) is 7.41. The highest BCUT2D eigenvalue weighted by Crippen LogP contribution is 2.31. The fourth-order valence-electron chi connectivity index (χ4n) is 2.41. The second kappa shape index (κ2) is 5.67. The zero-order valence-electron chi connectivity index (χ0n) is 11.2. The van der Waals surface area contributed by atoms with E-state index in [1.165, 1.54) is 12.8 Å². The van der Waals surface area contributed by atoms with E-state index in [9.17, 15) is 4.79 Å². The Kier molecular flexibility index (Phi) is 4.78. The van der Waals surface area contributed by atoms with E-state index in [0.29, 0.717) is 12.0 Å². The lowest BCUT2D eigenvalue weighted by Gasteiger charge is -2.24. The van der Waals surface area contributed by atoms with E-state index in [1.807, 2.05) is 20.8 Å². The summed E-state index contributed by atoms with van der Waals surface area (Å²) in [4.78, 5) is 11.8. The third-order valence-electron chi connectivity index (χ3n) is 3.75. The van der Waals surface area contributed by atoms with Crippen LogP contribution in [-0.2, 0) is 4.79 Å². The lowest BCUT2D eigenvalue weighted by Crippen LogP contribution is -2.49. The van der Waals surface area contributed by atoms with Gasteiger partial charge in [-0.05, 0) is 45.4 Å². The molecule has 0 saturated heterocycles. The third-order valence-corrected chi connectivity index (χ3v) is 3.75. The molecule has 0 aromatic rings. The van der Waals surface area contributed by atoms with Crippen molar-refractivity contribution in [3.8, 4) is 0 Å². The van der Waals surface area contributed by atoms with Gasteiger partial charge in [-0.15, -0.1) is 0 Å². The topological polar surface area (TPSA) is 41.1 Å². The minimum atomic E-state index is -0.0832. The van der Waals surface area contributed by atoms with E-state index in [0.717, 1.165) is 5.92 Å². The standard InChI is InChI=1S/C13H26N2O/c1-8(2)14-13(16)11(5)15-12-7-6-9(3)10(12)4/h8-12,15H,6-7H2,1-5H3,(H,14,16). The van der Waals surface area contributed by atoms with Crippen molar-refractivity contribution in [2.24, 2.45) is 11.8 Å². The number of carbonyl (C=O) groups excluding carboxylic acids is 1. The number of amides is 1. The second-order valence-corrected chi connectivity index (χ2v) is 5.57. The molecule has 1 fully saturated rings. The van der Waals surface area contributed by atoms with Gasteiger partial charge in [0, 0.05) is 12.1 Å². The second-order valence-electron chi connectivity index (χ2n) is 5.57. The normalized spacial score (nSPS) is 31.8. The Hall–Kier alpha value is -0.570. The molecule has 1 saturated carbocycles. The minimum Gasteiger partial charge on any atom is -0.353 e. The Morgan fingerprint density at radius 1 is 1.19 bits per heavy atom. The summed E-state index contributed by atoms with van der Waals surface area (Å²) in [5.74, 6) is 1.56. The molecule has 0 aromatic heterocycles. The van der Waals surface area contributed by atoms with Gasteiger partial charge in [0.05, 0.1) is 6.04 Å². The van der Waals surface area contributed by atoms with Crippen molar-refractivity contribution >= 4 is 5.91 Å². The SMILES string of the molecule is CC(C)NC(=O)C(C)NC1CCC(C)C1C. The van der Waals surface area contributed by atoms with E-state index in [4.69, 9.17) is 0 Å². The van der Waals surface area contributed by atoms with Crippen LogP contribution in [0.15, 0.2) is 0 Å². The summed E-state index contributed by atoms with van der Waals surface area (Å²) >= 11 is 0. The maximum Gasteiger partial charge on any atom is 0.237 e. The van der Waals surface area contributed by atoms with Gasteiger partial charge in [-0.1, -0.05) is 13.8 Å². The molecule has 0 aromatic carbocycles. The number of rotatable bonds is 4. The van der Waals surface area contributed by atoms with Crippen LogP contribution in [0, 0.1) is 11.8 Å². The first kappa shape index (κ1) is 13.5. The van der Waals surface area contributed by atoms with Gasteiger partial charge in [-0.2, -0.15) is 0 Å². The van der Waals surface area contributed by atoms with Crippen LogP contribution in [0.4, 0.5) is 0 Å². The fraction of sp³-hybridized carbons (Fsp3) is 0.923. The molecule has 2 N–H and O–H groups in total. The van der Waals surface area contributed by atoms with Gasteiger partial charge in [0.1, 0.15) is 0 Å². The van der Waals surface area contributed by atoms with Crippen LogP contribution in [-0.4, -0.2) is 24.0 Å². The Morgan fingerprint density at radius 3 is 2.25 bits per heavy atom. The molecular weight excluding hydrogens is 200 g/mol. The van der Waals surface area contributed by atoms with E-state index in [2.05, 4.69) is 24.5 Å². The van der Waals surface area contributed by atoms with Crippen LogP contribution in [0.1, 0.15) is 47.5 Å². The van der Waals surface area contributed by atoms with E-state index < -0.39 is 0 Å². The van der Waals surface area contributed by atoms with E-state index in [1.54, 1.807) is 0 Å². The maximum atomic E-state index is 11.8. The monoisotopic (exact) mass is 226 g/mol. The predicted molar refractivity (Wildman–Crippen MR) is 67.2 cm³/mol. The maximum absolute atomic E-state index is 11.8. The van der Waals surface area contributed by atoms with Crippen LogP contribution in [0.3, 0.4) is 0 Å². The molecule has 1 amide bonds. The van der Waals surface area contributed by atoms with Crippen molar-refractivity contribution in [3.63, 3.8) is 0 Å². The molecule has 0 heterocycles. The highest BCUT2D eigenvalue weighted by molar-refractivity contribution is 5.81. The van der Waals surface area contributed by atoms with Gasteiger partial charge in [0.15, 0.2) is 0 Å². The molecule has 3 nitrogen and oxygen atoms in total. The predicted octanol–water partition coefficient (Wildman–Crippen LogP) is 1.92. The number of hydrogen-bond donors (Lipinski definition) is 2. The quantitative estimate of drug-likeness (QED) is 0.769. The van der Waals surface area contributed by atoms with Crippen molar-refractivity contribution in [2.75, 3.05) is 0 Å². The molecule has 3 heteroatoms. The summed E-state index contributed by atoms with van der Waals surface area (Å²) in [5.41, 5.74) is 0.